The number of aryl methyl sites for hydroxylation is 1. The van der Waals surface area contributed by atoms with Gasteiger partial charge < -0.3 is 0 Å². The first kappa shape index (κ1) is 21.1. The summed E-state index contributed by atoms with van der Waals surface area (Å²) in [7, 11) is 0. The van der Waals surface area contributed by atoms with E-state index in [0.29, 0.717) is 11.6 Å². The van der Waals surface area contributed by atoms with Crippen LogP contribution in [-0.4, -0.2) is 10.9 Å². The van der Waals surface area contributed by atoms with E-state index in [1.807, 2.05) is 31.2 Å². The minimum atomic E-state index is -4.48. The highest BCUT2D eigenvalue weighted by molar-refractivity contribution is 7.15. The van der Waals surface area contributed by atoms with E-state index in [0.717, 1.165) is 34.7 Å². The van der Waals surface area contributed by atoms with Crippen LogP contribution in [0.1, 0.15) is 27.1 Å². The molecular weight excluding hydrogens is 421 g/mol. The molecule has 0 atom stereocenters. The molecule has 0 aliphatic carbocycles. The Labute approximate surface area is 174 Å². The Morgan fingerprint density at radius 1 is 1.21 bits per heavy atom. The number of nitrogens with zero attached hydrogens (tertiary/aromatic N) is 1. The number of carbonyl (C=O) groups excluding carboxylic acids is 1. The van der Waals surface area contributed by atoms with Crippen molar-refractivity contribution in [3.63, 3.8) is 0 Å². The van der Waals surface area contributed by atoms with Crippen LogP contribution in [0.5, 0.6) is 0 Å². The predicted octanol–water partition coefficient (Wildman–Crippen LogP) is 6.37. The summed E-state index contributed by atoms with van der Waals surface area (Å²) in [6.45, 7) is 2.02. The molecule has 0 aliphatic heterocycles. The fraction of sp³-hybridized carbons (Fsp3) is 0.143. The van der Waals surface area contributed by atoms with E-state index >= 15 is 0 Å². The van der Waals surface area contributed by atoms with Crippen LogP contribution >= 0.6 is 22.9 Å². The number of carbonyl (C=O) groups is 1. The van der Waals surface area contributed by atoms with E-state index < -0.39 is 17.6 Å². The summed E-state index contributed by atoms with van der Waals surface area (Å²) < 4.78 is 38.4. The summed E-state index contributed by atoms with van der Waals surface area (Å²) in [4.78, 5) is 17.2. The summed E-state index contributed by atoms with van der Waals surface area (Å²) in [6.07, 6.45) is 0.275. The van der Waals surface area contributed by atoms with E-state index in [1.165, 1.54) is 23.0 Å². The number of halogens is 4. The first-order chi connectivity index (χ1) is 13.7. The second-order valence-electron chi connectivity index (χ2n) is 6.35. The zero-order chi connectivity index (χ0) is 21.0. The van der Waals surface area contributed by atoms with E-state index in [-0.39, 0.29) is 10.6 Å². The minimum absolute atomic E-state index is 0.107. The monoisotopic (exact) mass is 436 g/mol. The Bertz CT molecular complexity index is 1040. The zero-order valence-corrected chi connectivity index (χ0v) is 16.8. The summed E-state index contributed by atoms with van der Waals surface area (Å²) in [6, 6.07) is 11.1. The van der Waals surface area contributed by atoms with Crippen LogP contribution in [0.2, 0.25) is 5.02 Å². The standard InChI is InChI=1S/C21H16ClF3N2OS/c1-13-2-4-14(5-3-13)10-17-12-26-20(29-17)27-19(28)9-6-15-11-16(21(23,24)25)7-8-18(15)22/h2-9,11-12H,10H2,1H3,(H,26,27,28)/b9-6+. The topological polar surface area (TPSA) is 42.0 Å². The maximum atomic E-state index is 12.8. The van der Waals surface area contributed by atoms with Gasteiger partial charge in [-0.1, -0.05) is 41.4 Å². The molecule has 1 aromatic heterocycles. The number of amides is 1. The maximum Gasteiger partial charge on any atom is 0.416 e. The molecule has 1 amide bonds. The lowest BCUT2D eigenvalue weighted by Crippen LogP contribution is -2.07. The van der Waals surface area contributed by atoms with Gasteiger partial charge in [-0.05, 0) is 42.3 Å². The molecule has 0 saturated heterocycles. The van der Waals surface area contributed by atoms with Crippen molar-refractivity contribution in [2.75, 3.05) is 5.32 Å². The van der Waals surface area contributed by atoms with Crippen molar-refractivity contribution in [3.05, 3.63) is 86.9 Å². The Kier molecular flexibility index (Phi) is 6.39. The minimum Gasteiger partial charge on any atom is -0.298 e. The van der Waals surface area contributed by atoms with Crippen molar-refractivity contribution in [1.82, 2.24) is 4.98 Å². The summed E-state index contributed by atoms with van der Waals surface area (Å²) in [5.74, 6) is -0.505. The lowest BCUT2D eigenvalue weighted by Gasteiger charge is -2.08. The van der Waals surface area contributed by atoms with Crippen molar-refractivity contribution in [2.24, 2.45) is 0 Å². The fourth-order valence-electron chi connectivity index (χ4n) is 2.51. The van der Waals surface area contributed by atoms with Crippen LogP contribution in [0.25, 0.3) is 6.08 Å². The molecule has 0 aliphatic rings. The number of rotatable bonds is 5. The van der Waals surface area contributed by atoms with Crippen LogP contribution in [-0.2, 0) is 17.4 Å². The quantitative estimate of drug-likeness (QED) is 0.472. The molecule has 0 spiro atoms. The highest BCUT2D eigenvalue weighted by Gasteiger charge is 2.30. The van der Waals surface area contributed by atoms with Gasteiger partial charge in [0.15, 0.2) is 5.13 Å². The van der Waals surface area contributed by atoms with Crippen molar-refractivity contribution < 1.29 is 18.0 Å². The first-order valence-corrected chi connectivity index (χ1v) is 9.76. The average molecular weight is 437 g/mol. The van der Waals surface area contributed by atoms with Gasteiger partial charge in [0.25, 0.3) is 0 Å². The van der Waals surface area contributed by atoms with Gasteiger partial charge in [0.2, 0.25) is 5.91 Å². The van der Waals surface area contributed by atoms with Gasteiger partial charge in [0.1, 0.15) is 0 Å². The largest absolute Gasteiger partial charge is 0.416 e. The zero-order valence-electron chi connectivity index (χ0n) is 15.3. The summed E-state index contributed by atoms with van der Waals surface area (Å²) in [5.41, 5.74) is 1.59. The molecule has 29 heavy (non-hydrogen) atoms. The Hall–Kier alpha value is -2.64. The van der Waals surface area contributed by atoms with Crippen LogP contribution in [0.15, 0.2) is 54.7 Å². The van der Waals surface area contributed by atoms with Crippen LogP contribution in [0.3, 0.4) is 0 Å². The van der Waals surface area contributed by atoms with Gasteiger partial charge in [-0.2, -0.15) is 13.2 Å². The number of benzene rings is 2. The van der Waals surface area contributed by atoms with E-state index in [4.69, 9.17) is 11.6 Å². The van der Waals surface area contributed by atoms with E-state index in [9.17, 15) is 18.0 Å². The molecule has 0 fully saturated rings. The molecule has 3 rings (SSSR count). The van der Waals surface area contributed by atoms with Gasteiger partial charge in [-0.25, -0.2) is 4.98 Å². The lowest BCUT2D eigenvalue weighted by molar-refractivity contribution is -0.137. The number of anilines is 1. The third-order valence-corrected chi connectivity index (χ3v) is 5.28. The Morgan fingerprint density at radius 3 is 2.62 bits per heavy atom. The van der Waals surface area contributed by atoms with Gasteiger partial charge in [0.05, 0.1) is 5.56 Å². The molecule has 0 saturated carbocycles. The SMILES string of the molecule is Cc1ccc(Cc2cnc(NC(=O)/C=C/c3cc(C(F)(F)F)ccc3Cl)s2)cc1. The molecule has 0 bridgehead atoms. The number of hydrogen-bond donors (Lipinski definition) is 1. The van der Waals surface area contributed by atoms with Crippen LogP contribution < -0.4 is 5.32 Å². The number of aromatic nitrogens is 1. The van der Waals surface area contributed by atoms with Crippen molar-refractivity contribution in [1.29, 1.82) is 0 Å². The molecule has 0 unspecified atom stereocenters. The highest BCUT2D eigenvalue weighted by atomic mass is 35.5. The second kappa shape index (κ2) is 8.80. The number of thiazole rings is 1. The summed E-state index contributed by atoms with van der Waals surface area (Å²) >= 11 is 7.26. The molecule has 3 nitrogen and oxygen atoms in total. The fourth-order valence-corrected chi connectivity index (χ4v) is 3.54. The van der Waals surface area contributed by atoms with E-state index in [1.54, 1.807) is 6.20 Å². The molecule has 150 valence electrons. The maximum absolute atomic E-state index is 12.8. The summed E-state index contributed by atoms with van der Waals surface area (Å²) in [5, 5.41) is 3.14. The Morgan fingerprint density at radius 2 is 1.93 bits per heavy atom. The normalized spacial score (nSPS) is 11.8. The van der Waals surface area contributed by atoms with Crippen molar-refractivity contribution in [3.8, 4) is 0 Å². The van der Waals surface area contributed by atoms with Gasteiger partial charge >= 0.3 is 6.18 Å². The van der Waals surface area contributed by atoms with Gasteiger partial charge in [0, 0.05) is 28.6 Å². The van der Waals surface area contributed by atoms with Crippen molar-refractivity contribution in [2.45, 2.75) is 19.5 Å². The van der Waals surface area contributed by atoms with E-state index in [2.05, 4.69) is 10.3 Å². The third kappa shape index (κ3) is 5.92. The van der Waals surface area contributed by atoms with Crippen molar-refractivity contribution >= 4 is 40.1 Å². The number of alkyl halides is 3. The predicted molar refractivity (Wildman–Crippen MR) is 110 cm³/mol. The molecular formula is C21H16ClF3N2OS. The van der Waals surface area contributed by atoms with Gasteiger partial charge in [-0.3, -0.25) is 10.1 Å². The highest BCUT2D eigenvalue weighted by Crippen LogP contribution is 2.32. The van der Waals surface area contributed by atoms with Crippen LogP contribution in [0.4, 0.5) is 18.3 Å². The average Bonchev–Trinajstić information content (AvgIpc) is 3.08. The first-order valence-electron chi connectivity index (χ1n) is 8.57. The number of hydrogen-bond acceptors (Lipinski definition) is 3. The Balaban J connectivity index is 1.64. The smallest absolute Gasteiger partial charge is 0.298 e. The molecule has 1 heterocycles. The van der Waals surface area contributed by atoms with Crippen LogP contribution in [0, 0.1) is 6.92 Å². The van der Waals surface area contributed by atoms with Gasteiger partial charge in [-0.15, -0.1) is 11.3 Å². The molecule has 2 aromatic carbocycles. The molecule has 3 aromatic rings. The molecule has 0 radical (unpaired) electrons. The third-order valence-electron chi connectivity index (χ3n) is 4.02. The number of nitrogens with one attached hydrogen (secondary N) is 1. The second-order valence-corrected chi connectivity index (χ2v) is 7.87. The molecule has 1 N–H and O–H groups in total. The molecule has 8 heteroatoms. The lowest BCUT2D eigenvalue weighted by atomic mass is 10.1.